The van der Waals surface area contributed by atoms with Crippen molar-refractivity contribution < 1.29 is 18.3 Å². The summed E-state index contributed by atoms with van der Waals surface area (Å²) in [6, 6.07) is 11.9. The highest BCUT2D eigenvalue weighted by Gasteiger charge is 2.69. The molecule has 21 heavy (non-hydrogen) atoms. The summed E-state index contributed by atoms with van der Waals surface area (Å²) in [5.41, 5.74) is -0.808. The lowest BCUT2D eigenvalue weighted by Gasteiger charge is -2.34. The summed E-state index contributed by atoms with van der Waals surface area (Å²) in [6.45, 7) is 6.46. The third-order valence-corrected chi connectivity index (χ3v) is 4.58. The Bertz CT molecular complexity index is 572. The smallest absolute Gasteiger partial charge is 0.427 e. The Morgan fingerprint density at radius 1 is 0.619 bits per heavy atom. The molecule has 110 valence electrons. The molecule has 1 fully saturated rings. The first-order chi connectivity index (χ1) is 9.87. The summed E-state index contributed by atoms with van der Waals surface area (Å²) in [5, 5.41) is 0. The summed E-state index contributed by atoms with van der Waals surface area (Å²) < 4.78 is 17.0. The van der Waals surface area contributed by atoms with Crippen LogP contribution in [0.2, 0.25) is 0 Å². The molecule has 0 aliphatic carbocycles. The number of aromatic nitrogens is 2. The average molecular weight is 285 g/mol. The molecule has 0 amide bonds. The van der Waals surface area contributed by atoms with E-state index in [0.29, 0.717) is 0 Å². The van der Waals surface area contributed by atoms with Crippen LogP contribution >= 0.6 is 0 Å². The lowest BCUT2D eigenvalue weighted by atomic mass is 9.87. The predicted molar refractivity (Wildman–Crippen MR) is 80.2 cm³/mol. The Kier molecular flexibility index (Phi) is 3.15. The van der Waals surface area contributed by atoms with Gasteiger partial charge in [0.2, 0.25) is 0 Å². The van der Waals surface area contributed by atoms with Crippen molar-refractivity contribution in [2.45, 2.75) is 38.9 Å². The second-order valence-corrected chi connectivity index (χ2v) is 6.54. The van der Waals surface area contributed by atoms with Gasteiger partial charge in [0.05, 0.1) is 11.2 Å². The summed E-state index contributed by atoms with van der Waals surface area (Å²) in [6.07, 6.45) is 7.93. The summed E-state index contributed by atoms with van der Waals surface area (Å²) in [7, 11) is 0. The van der Waals surface area contributed by atoms with Gasteiger partial charge in [0, 0.05) is 0 Å². The SMILES string of the molecule is CC1(C)O[B-]([n+]2ccccc2)([n+]2ccccc2)OC1(C)C. The van der Waals surface area contributed by atoms with E-state index in [1.165, 1.54) is 0 Å². The lowest BCUT2D eigenvalue weighted by Crippen LogP contribution is -2.83. The van der Waals surface area contributed by atoms with E-state index in [4.69, 9.17) is 9.31 Å². The van der Waals surface area contributed by atoms with Crippen LogP contribution in [0, 0.1) is 0 Å². The Hall–Kier alpha value is -1.72. The molecule has 0 bridgehead atoms. The molecule has 2 aromatic heterocycles. The molecular formula is C16H22BN2O2+. The molecule has 0 saturated carbocycles. The molecule has 1 aliphatic rings. The van der Waals surface area contributed by atoms with E-state index in [2.05, 4.69) is 27.7 Å². The first kappa shape index (κ1) is 14.2. The maximum Gasteiger partial charge on any atom is 0.848 e. The van der Waals surface area contributed by atoms with Gasteiger partial charge in [0.15, 0.2) is 0 Å². The summed E-state index contributed by atoms with van der Waals surface area (Å²) in [4.78, 5) is 0. The second kappa shape index (κ2) is 4.65. The number of nitrogens with zero attached hydrogens (tertiary/aromatic N) is 2. The quantitative estimate of drug-likeness (QED) is 0.785. The van der Waals surface area contributed by atoms with Gasteiger partial charge < -0.3 is 9.31 Å². The van der Waals surface area contributed by atoms with Crippen molar-refractivity contribution in [1.29, 1.82) is 0 Å². The number of hydrogen-bond acceptors (Lipinski definition) is 2. The van der Waals surface area contributed by atoms with E-state index < -0.39 is 18.0 Å². The van der Waals surface area contributed by atoms with E-state index in [9.17, 15) is 0 Å². The fraction of sp³-hybridized carbons (Fsp3) is 0.375. The first-order valence-corrected chi connectivity index (χ1v) is 7.35. The van der Waals surface area contributed by atoms with Crippen LogP contribution in [0.1, 0.15) is 27.7 Å². The zero-order chi connectivity index (χ0) is 15.1. The maximum absolute atomic E-state index is 6.49. The minimum atomic E-state index is -1.83. The van der Waals surface area contributed by atoms with Gasteiger partial charge in [-0.1, -0.05) is 12.1 Å². The minimum Gasteiger partial charge on any atom is -0.427 e. The van der Waals surface area contributed by atoms with E-state index in [0.717, 1.165) is 0 Å². The largest absolute Gasteiger partial charge is 0.848 e. The molecule has 3 heterocycles. The van der Waals surface area contributed by atoms with Crippen molar-refractivity contribution in [2.24, 2.45) is 0 Å². The number of hydrogen-bond donors (Lipinski definition) is 0. The van der Waals surface area contributed by atoms with Crippen LogP contribution in [0.15, 0.2) is 61.2 Å². The molecule has 0 N–H and O–H groups in total. The third-order valence-electron chi connectivity index (χ3n) is 4.58. The van der Waals surface area contributed by atoms with Crippen molar-refractivity contribution >= 4 is 6.82 Å². The van der Waals surface area contributed by atoms with Crippen LogP contribution in [0.25, 0.3) is 0 Å². The van der Waals surface area contributed by atoms with Crippen LogP contribution in [0.3, 0.4) is 0 Å². The lowest BCUT2D eigenvalue weighted by molar-refractivity contribution is -0.726. The van der Waals surface area contributed by atoms with Gasteiger partial charge in [-0.15, -0.1) is 0 Å². The third kappa shape index (κ3) is 2.17. The zero-order valence-electron chi connectivity index (χ0n) is 13.1. The van der Waals surface area contributed by atoms with Crippen molar-refractivity contribution in [1.82, 2.24) is 0 Å². The van der Waals surface area contributed by atoms with Gasteiger partial charge >= 0.3 is 6.82 Å². The van der Waals surface area contributed by atoms with Crippen LogP contribution in [0.4, 0.5) is 0 Å². The molecular weight excluding hydrogens is 263 g/mol. The number of pyridine rings is 2. The summed E-state index contributed by atoms with van der Waals surface area (Å²) >= 11 is 0. The van der Waals surface area contributed by atoms with E-state index in [-0.39, 0.29) is 0 Å². The molecule has 4 nitrogen and oxygen atoms in total. The summed E-state index contributed by atoms with van der Waals surface area (Å²) in [5.74, 6) is 0. The van der Waals surface area contributed by atoms with Crippen LogP contribution < -0.4 is 8.96 Å². The molecule has 0 spiro atoms. The van der Waals surface area contributed by atoms with Crippen molar-refractivity contribution in [2.75, 3.05) is 0 Å². The zero-order valence-corrected chi connectivity index (χ0v) is 13.1. The van der Waals surface area contributed by atoms with Crippen molar-refractivity contribution in [3.05, 3.63) is 61.2 Å². The van der Waals surface area contributed by atoms with Gasteiger partial charge in [-0.3, -0.25) is 8.96 Å². The van der Waals surface area contributed by atoms with E-state index in [1.807, 2.05) is 70.1 Å². The Morgan fingerprint density at radius 2 is 0.952 bits per heavy atom. The molecule has 2 aromatic rings. The molecule has 0 atom stereocenters. The Labute approximate surface area is 126 Å². The molecule has 1 aliphatic heterocycles. The van der Waals surface area contributed by atoms with E-state index in [1.54, 1.807) is 0 Å². The second-order valence-electron chi connectivity index (χ2n) is 6.54. The van der Waals surface area contributed by atoms with Crippen molar-refractivity contribution in [3.63, 3.8) is 0 Å². The predicted octanol–water partition coefficient (Wildman–Crippen LogP) is 1.70. The standard InChI is InChI=1S/C16H22BN2O2/c1-15(2)16(3,4)21-17(20-15,18-11-7-5-8-12-18)19-13-9-6-10-14-19/h5-14H,1-4H3/q+1. The molecule has 0 unspecified atom stereocenters. The molecule has 3 rings (SSSR count). The van der Waals surface area contributed by atoms with Crippen LogP contribution in [-0.4, -0.2) is 18.0 Å². The van der Waals surface area contributed by atoms with Crippen molar-refractivity contribution in [3.8, 4) is 0 Å². The Balaban J connectivity index is 2.20. The maximum atomic E-state index is 6.49. The highest BCUT2D eigenvalue weighted by molar-refractivity contribution is 6.49. The highest BCUT2D eigenvalue weighted by Crippen LogP contribution is 2.38. The fourth-order valence-corrected chi connectivity index (χ4v) is 2.73. The molecule has 0 radical (unpaired) electrons. The normalized spacial score (nSPS) is 22.1. The van der Waals surface area contributed by atoms with Gasteiger partial charge in [0.1, 0.15) is 24.8 Å². The fourth-order valence-electron chi connectivity index (χ4n) is 2.73. The monoisotopic (exact) mass is 285 g/mol. The highest BCUT2D eigenvalue weighted by atomic mass is 16.7. The van der Waals surface area contributed by atoms with Gasteiger partial charge in [-0.05, 0) is 52.0 Å². The minimum absolute atomic E-state index is 0.404. The van der Waals surface area contributed by atoms with Crippen LogP contribution in [0.5, 0.6) is 0 Å². The molecule has 5 heteroatoms. The average Bonchev–Trinajstić information content (AvgIpc) is 2.67. The van der Waals surface area contributed by atoms with Gasteiger partial charge in [0.25, 0.3) is 0 Å². The van der Waals surface area contributed by atoms with Gasteiger partial charge in [-0.2, -0.15) is 0 Å². The van der Waals surface area contributed by atoms with Crippen LogP contribution in [-0.2, 0) is 9.31 Å². The molecule has 1 saturated heterocycles. The van der Waals surface area contributed by atoms with Gasteiger partial charge in [-0.25, -0.2) is 0 Å². The first-order valence-electron chi connectivity index (χ1n) is 7.35. The Morgan fingerprint density at radius 3 is 1.29 bits per heavy atom. The topological polar surface area (TPSA) is 26.2 Å². The van der Waals surface area contributed by atoms with E-state index >= 15 is 0 Å². The molecule has 0 aromatic carbocycles. The number of rotatable bonds is 2.